The summed E-state index contributed by atoms with van der Waals surface area (Å²) in [4.78, 5) is 12.6. The molecular weight excluding hydrogens is 154 g/mol. The Kier molecular flexibility index (Phi) is 2.05. The van der Waals surface area contributed by atoms with Gasteiger partial charge in [-0.1, -0.05) is 6.42 Å². The van der Waals surface area contributed by atoms with E-state index in [1.807, 2.05) is 0 Å². The number of hydrogen-bond donors (Lipinski definition) is 1. The Morgan fingerprint density at radius 3 is 3.00 bits per heavy atom. The zero-order chi connectivity index (χ0) is 8.55. The first-order chi connectivity index (χ1) is 5.77. The Hall–Kier alpha value is -0.570. The van der Waals surface area contributed by atoms with Crippen LogP contribution < -0.4 is 0 Å². The zero-order valence-electron chi connectivity index (χ0n) is 7.20. The summed E-state index contributed by atoms with van der Waals surface area (Å²) in [6.07, 6.45) is 5.06. The minimum atomic E-state index is -0.678. The molecule has 3 nitrogen and oxygen atoms in total. The monoisotopic (exact) mass is 169 g/mol. The molecule has 0 bridgehead atoms. The van der Waals surface area contributed by atoms with Crippen molar-refractivity contribution in [3.8, 4) is 0 Å². The van der Waals surface area contributed by atoms with Gasteiger partial charge in [-0.2, -0.15) is 0 Å². The fraction of sp³-hybridized carbons (Fsp3) is 0.889. The van der Waals surface area contributed by atoms with E-state index < -0.39 is 5.97 Å². The number of carbonyl (C=O) groups is 1. The summed E-state index contributed by atoms with van der Waals surface area (Å²) in [5.74, 6) is 0.131. The van der Waals surface area contributed by atoms with E-state index in [-0.39, 0.29) is 6.54 Å². The standard InChI is InChI=1S/C9H15NO2/c11-9(12)6-10-5-4-7-2-1-3-8(7)10/h7-8H,1-6H2,(H,11,12). The lowest BCUT2D eigenvalue weighted by molar-refractivity contribution is -0.138. The molecule has 0 aromatic rings. The Labute approximate surface area is 72.4 Å². The minimum absolute atomic E-state index is 0.251. The highest BCUT2D eigenvalue weighted by Crippen LogP contribution is 2.37. The summed E-state index contributed by atoms with van der Waals surface area (Å²) < 4.78 is 0. The highest BCUT2D eigenvalue weighted by atomic mass is 16.4. The van der Waals surface area contributed by atoms with Gasteiger partial charge >= 0.3 is 5.97 Å². The van der Waals surface area contributed by atoms with Gasteiger partial charge < -0.3 is 5.11 Å². The lowest BCUT2D eigenvalue weighted by atomic mass is 10.1. The average molecular weight is 169 g/mol. The third kappa shape index (κ3) is 1.33. The molecule has 1 aliphatic heterocycles. The van der Waals surface area contributed by atoms with Crippen molar-refractivity contribution in [3.05, 3.63) is 0 Å². The molecule has 0 radical (unpaired) electrons. The van der Waals surface area contributed by atoms with Crippen molar-refractivity contribution >= 4 is 5.97 Å². The third-order valence-corrected chi connectivity index (χ3v) is 3.21. The number of carboxylic acid groups (broad SMARTS) is 1. The van der Waals surface area contributed by atoms with Gasteiger partial charge in [0.15, 0.2) is 0 Å². The molecular formula is C9H15NO2. The molecule has 0 spiro atoms. The summed E-state index contributed by atoms with van der Waals surface area (Å²) in [6.45, 7) is 1.25. The van der Waals surface area contributed by atoms with Crippen molar-refractivity contribution in [2.24, 2.45) is 5.92 Å². The van der Waals surface area contributed by atoms with E-state index in [9.17, 15) is 4.79 Å². The second-order valence-electron chi connectivity index (χ2n) is 3.91. The van der Waals surface area contributed by atoms with Crippen molar-refractivity contribution in [3.63, 3.8) is 0 Å². The Balaban J connectivity index is 1.95. The Morgan fingerprint density at radius 1 is 1.42 bits per heavy atom. The number of aliphatic carboxylic acids is 1. The van der Waals surface area contributed by atoms with Gasteiger partial charge in [0, 0.05) is 6.04 Å². The molecule has 2 aliphatic rings. The van der Waals surface area contributed by atoms with Gasteiger partial charge in [0.05, 0.1) is 6.54 Å². The molecule has 1 aliphatic carbocycles. The van der Waals surface area contributed by atoms with Gasteiger partial charge in [0.2, 0.25) is 0 Å². The van der Waals surface area contributed by atoms with Crippen molar-refractivity contribution in [2.75, 3.05) is 13.1 Å². The maximum Gasteiger partial charge on any atom is 0.317 e. The summed E-state index contributed by atoms with van der Waals surface area (Å²) in [5, 5.41) is 8.65. The number of nitrogens with zero attached hydrogens (tertiary/aromatic N) is 1. The van der Waals surface area contributed by atoms with Crippen LogP contribution in [0.2, 0.25) is 0 Å². The Bertz CT molecular complexity index is 193. The largest absolute Gasteiger partial charge is 0.480 e. The molecule has 2 rings (SSSR count). The first-order valence-electron chi connectivity index (χ1n) is 4.73. The molecule has 12 heavy (non-hydrogen) atoms. The van der Waals surface area contributed by atoms with Crippen LogP contribution in [0.25, 0.3) is 0 Å². The summed E-state index contributed by atoms with van der Waals surface area (Å²) in [7, 11) is 0. The maximum absolute atomic E-state index is 10.5. The molecule has 1 N–H and O–H groups in total. The second-order valence-corrected chi connectivity index (χ2v) is 3.91. The molecule has 68 valence electrons. The van der Waals surface area contributed by atoms with Crippen LogP contribution in [0.3, 0.4) is 0 Å². The van der Waals surface area contributed by atoms with Gasteiger partial charge in [-0.3, -0.25) is 9.69 Å². The molecule has 1 saturated carbocycles. The van der Waals surface area contributed by atoms with Gasteiger partial charge in [-0.25, -0.2) is 0 Å². The topological polar surface area (TPSA) is 40.5 Å². The number of carboxylic acids is 1. The molecule has 0 aromatic heterocycles. The number of rotatable bonds is 2. The van der Waals surface area contributed by atoms with E-state index in [0.29, 0.717) is 6.04 Å². The second kappa shape index (κ2) is 3.05. The predicted molar refractivity (Wildman–Crippen MR) is 45.0 cm³/mol. The van der Waals surface area contributed by atoms with E-state index in [1.54, 1.807) is 0 Å². The zero-order valence-corrected chi connectivity index (χ0v) is 7.20. The van der Waals surface area contributed by atoms with E-state index in [0.717, 1.165) is 12.5 Å². The third-order valence-electron chi connectivity index (χ3n) is 3.21. The van der Waals surface area contributed by atoms with Crippen molar-refractivity contribution in [2.45, 2.75) is 31.7 Å². The van der Waals surface area contributed by atoms with Crippen LogP contribution in [0.1, 0.15) is 25.7 Å². The fourth-order valence-electron chi connectivity index (χ4n) is 2.70. The number of fused-ring (bicyclic) bond motifs is 1. The smallest absolute Gasteiger partial charge is 0.317 e. The molecule has 2 unspecified atom stereocenters. The first-order valence-corrected chi connectivity index (χ1v) is 4.73. The van der Waals surface area contributed by atoms with E-state index in [2.05, 4.69) is 4.90 Å². The quantitative estimate of drug-likeness (QED) is 0.669. The lowest BCUT2D eigenvalue weighted by Gasteiger charge is -2.20. The highest BCUT2D eigenvalue weighted by molar-refractivity contribution is 5.69. The summed E-state index contributed by atoms with van der Waals surface area (Å²) >= 11 is 0. The van der Waals surface area contributed by atoms with Gasteiger partial charge in [-0.15, -0.1) is 0 Å². The van der Waals surface area contributed by atoms with Crippen LogP contribution in [0.5, 0.6) is 0 Å². The van der Waals surface area contributed by atoms with Crippen LogP contribution in [0, 0.1) is 5.92 Å². The first kappa shape index (κ1) is 8.05. The van der Waals surface area contributed by atoms with E-state index in [1.165, 1.54) is 25.7 Å². The predicted octanol–water partition coefficient (Wildman–Crippen LogP) is 0.945. The molecule has 1 heterocycles. The van der Waals surface area contributed by atoms with Gasteiger partial charge in [0.25, 0.3) is 0 Å². The van der Waals surface area contributed by atoms with Crippen LogP contribution in [0.4, 0.5) is 0 Å². The minimum Gasteiger partial charge on any atom is -0.480 e. The van der Waals surface area contributed by atoms with E-state index >= 15 is 0 Å². The molecule has 3 heteroatoms. The van der Waals surface area contributed by atoms with Crippen LogP contribution in [-0.2, 0) is 4.79 Å². The Morgan fingerprint density at radius 2 is 2.25 bits per heavy atom. The molecule has 2 fully saturated rings. The van der Waals surface area contributed by atoms with Crippen LogP contribution in [0.15, 0.2) is 0 Å². The molecule has 1 saturated heterocycles. The van der Waals surface area contributed by atoms with Crippen molar-refractivity contribution < 1.29 is 9.90 Å². The summed E-state index contributed by atoms with van der Waals surface area (Å²) in [5.41, 5.74) is 0. The number of likely N-dealkylation sites (tertiary alicyclic amines) is 1. The molecule has 0 aromatic carbocycles. The van der Waals surface area contributed by atoms with Gasteiger partial charge in [-0.05, 0) is 31.7 Å². The van der Waals surface area contributed by atoms with E-state index in [4.69, 9.17) is 5.11 Å². The van der Waals surface area contributed by atoms with Gasteiger partial charge in [0.1, 0.15) is 0 Å². The van der Waals surface area contributed by atoms with Crippen molar-refractivity contribution in [1.82, 2.24) is 4.90 Å². The lowest BCUT2D eigenvalue weighted by Crippen LogP contribution is -2.34. The van der Waals surface area contributed by atoms with Crippen LogP contribution >= 0.6 is 0 Å². The maximum atomic E-state index is 10.5. The fourth-order valence-corrected chi connectivity index (χ4v) is 2.70. The average Bonchev–Trinajstić information content (AvgIpc) is 2.52. The summed E-state index contributed by atoms with van der Waals surface area (Å²) in [6, 6.07) is 0.598. The molecule has 2 atom stereocenters. The SMILES string of the molecule is O=C(O)CN1CCC2CCCC21. The molecule has 0 amide bonds. The van der Waals surface area contributed by atoms with Crippen LogP contribution in [-0.4, -0.2) is 35.1 Å². The highest BCUT2D eigenvalue weighted by Gasteiger charge is 2.37. The van der Waals surface area contributed by atoms with Crippen molar-refractivity contribution in [1.29, 1.82) is 0 Å². The normalized spacial score (nSPS) is 35.3. The number of hydrogen-bond acceptors (Lipinski definition) is 2.